The number of aliphatic carboxylic acids is 2. The van der Waals surface area contributed by atoms with Gasteiger partial charge in [0.15, 0.2) is 0 Å². The molecule has 0 aromatic heterocycles. The van der Waals surface area contributed by atoms with Crippen molar-refractivity contribution in [3.05, 3.63) is 81.9 Å². The van der Waals surface area contributed by atoms with Gasteiger partial charge in [-0.1, -0.05) is 24.3 Å². The van der Waals surface area contributed by atoms with Crippen molar-refractivity contribution in [2.45, 2.75) is 41.5 Å². The Morgan fingerprint density at radius 2 is 1.00 bits per heavy atom. The molecule has 0 saturated carbocycles. The average Bonchev–Trinajstić information content (AvgIpc) is 2.76. The van der Waals surface area contributed by atoms with Gasteiger partial charge in [-0.15, -0.1) is 0 Å². The quantitative estimate of drug-likeness (QED) is 0.478. The van der Waals surface area contributed by atoms with E-state index in [0.29, 0.717) is 22.5 Å². The number of carbonyl (C=O) groups is 2. The molecule has 0 aliphatic heterocycles. The van der Waals surface area contributed by atoms with Crippen LogP contribution in [0, 0.1) is 27.7 Å². The van der Waals surface area contributed by atoms with E-state index in [-0.39, 0.29) is 28.3 Å². The third-order valence-electron chi connectivity index (χ3n) is 4.52. The van der Waals surface area contributed by atoms with Crippen molar-refractivity contribution >= 4 is 35.7 Å². The number of carboxylic acids is 2. The van der Waals surface area contributed by atoms with E-state index in [2.05, 4.69) is 9.98 Å². The van der Waals surface area contributed by atoms with Crippen molar-refractivity contribution in [1.82, 2.24) is 0 Å². The van der Waals surface area contributed by atoms with E-state index >= 15 is 0 Å². The zero-order valence-electron chi connectivity index (χ0n) is 21.5. The number of carboxylic acid groups (broad SMARTS) is 2. The summed E-state index contributed by atoms with van der Waals surface area (Å²) in [6.45, 7) is 9.65. The normalized spacial score (nSPS) is 10.1. The van der Waals surface area contributed by atoms with Crippen LogP contribution in [-0.4, -0.2) is 34.6 Å². The Balaban J connectivity index is 0.00000127. The minimum Gasteiger partial charge on any atom is -0.550 e. The van der Waals surface area contributed by atoms with Crippen molar-refractivity contribution in [2.75, 3.05) is 0 Å². The topological polar surface area (TPSA) is 145 Å². The number of hydrogen-bond acceptors (Lipinski definition) is 8. The van der Waals surface area contributed by atoms with Crippen LogP contribution in [0.1, 0.15) is 47.2 Å². The van der Waals surface area contributed by atoms with Gasteiger partial charge in [0.05, 0.1) is 11.4 Å². The van der Waals surface area contributed by atoms with Crippen LogP contribution in [0.5, 0.6) is 11.5 Å². The molecule has 0 unspecified atom stereocenters. The van der Waals surface area contributed by atoms with E-state index < -0.39 is 11.9 Å². The summed E-state index contributed by atoms with van der Waals surface area (Å²) in [5, 5.41) is 38.3. The van der Waals surface area contributed by atoms with Crippen LogP contribution in [0.4, 0.5) is 11.4 Å². The Labute approximate surface area is 227 Å². The third kappa shape index (κ3) is 12.0. The minimum atomic E-state index is -1.08. The second-order valence-electron chi connectivity index (χ2n) is 8.03. The first-order chi connectivity index (χ1) is 16.8. The first-order valence-corrected chi connectivity index (χ1v) is 10.9. The SMILES string of the molecule is CC(=O)[O-].CC(=O)[O-].Cc1cc(C)c(O)c(C=Nc2ccccc2N=Cc2cc(C)cc(C)c2O)c1.[Co+2]. The maximum atomic E-state index is 10.3. The number of hydrogen-bond donors (Lipinski definition) is 2. The fourth-order valence-corrected chi connectivity index (χ4v) is 3.14. The van der Waals surface area contributed by atoms with Gasteiger partial charge in [-0.2, -0.15) is 0 Å². The molecule has 37 heavy (non-hydrogen) atoms. The standard InChI is InChI=1S/C24H24N2O2.2C2H4O2.Co/c1-15-9-17(3)23(27)19(11-15)13-25-21-7-5-6-8-22(21)26-14-20-12-16(2)10-18(4)24(20)28;2*1-2(3)4;/h5-14,27-28H,1-4H3;2*1H3,(H,3,4);/q;;;+2/p-2. The number of aryl methyl sites for hydroxylation is 4. The van der Waals surface area contributed by atoms with Gasteiger partial charge in [0.25, 0.3) is 0 Å². The van der Waals surface area contributed by atoms with Crippen LogP contribution in [0.25, 0.3) is 0 Å². The van der Waals surface area contributed by atoms with Gasteiger partial charge >= 0.3 is 16.8 Å². The van der Waals surface area contributed by atoms with Crippen molar-refractivity contribution in [1.29, 1.82) is 0 Å². The van der Waals surface area contributed by atoms with Gasteiger partial charge < -0.3 is 30.0 Å². The van der Waals surface area contributed by atoms with Crippen LogP contribution in [0.15, 0.2) is 58.5 Å². The summed E-state index contributed by atoms with van der Waals surface area (Å²) in [5.41, 5.74) is 6.46. The fraction of sp³-hybridized carbons (Fsp3) is 0.214. The molecule has 0 heterocycles. The molecule has 0 saturated heterocycles. The minimum absolute atomic E-state index is 0. The van der Waals surface area contributed by atoms with Crippen LogP contribution in [-0.2, 0) is 26.4 Å². The number of phenols is 2. The molecule has 0 spiro atoms. The maximum Gasteiger partial charge on any atom is 2.00 e. The van der Waals surface area contributed by atoms with E-state index in [1.54, 1.807) is 12.4 Å². The molecule has 0 bridgehead atoms. The molecule has 1 radical (unpaired) electrons. The average molecular weight is 549 g/mol. The van der Waals surface area contributed by atoms with Gasteiger partial charge in [-0.05, 0) is 88.1 Å². The van der Waals surface area contributed by atoms with Crippen LogP contribution in [0.2, 0.25) is 0 Å². The molecular formula is C28H30CoN2O6. The van der Waals surface area contributed by atoms with Crippen LogP contribution < -0.4 is 10.2 Å². The number of aliphatic imine (C=N–C) groups is 2. The number of benzene rings is 3. The molecule has 3 rings (SSSR count). The molecule has 2 N–H and O–H groups in total. The molecular weight excluding hydrogens is 519 g/mol. The summed E-state index contributed by atoms with van der Waals surface area (Å²) in [4.78, 5) is 26.8. The molecule has 3 aromatic rings. The molecule has 0 atom stereocenters. The molecule has 197 valence electrons. The van der Waals surface area contributed by atoms with E-state index in [9.17, 15) is 10.2 Å². The monoisotopic (exact) mass is 549 g/mol. The van der Waals surface area contributed by atoms with Gasteiger partial charge in [0.2, 0.25) is 0 Å². The predicted molar refractivity (Wildman–Crippen MR) is 137 cm³/mol. The molecule has 0 aliphatic rings. The molecule has 0 fully saturated rings. The summed E-state index contributed by atoms with van der Waals surface area (Å²) in [6.07, 6.45) is 3.30. The summed E-state index contributed by atoms with van der Waals surface area (Å²) in [7, 11) is 0. The van der Waals surface area contributed by atoms with Crippen molar-refractivity contribution in [2.24, 2.45) is 9.98 Å². The van der Waals surface area contributed by atoms with Crippen molar-refractivity contribution in [3.63, 3.8) is 0 Å². The number of phenolic OH excluding ortho intramolecular Hbond substituents is 2. The predicted octanol–water partition coefficient (Wildman–Crippen LogP) is 3.34. The van der Waals surface area contributed by atoms with Crippen molar-refractivity contribution < 1.29 is 46.8 Å². The number of rotatable bonds is 4. The van der Waals surface area contributed by atoms with Crippen LogP contribution >= 0.6 is 0 Å². The molecule has 0 aliphatic carbocycles. The van der Waals surface area contributed by atoms with Crippen LogP contribution in [0.3, 0.4) is 0 Å². The summed E-state index contributed by atoms with van der Waals surface area (Å²) < 4.78 is 0. The smallest absolute Gasteiger partial charge is 0.550 e. The first-order valence-electron chi connectivity index (χ1n) is 10.9. The van der Waals surface area contributed by atoms with E-state index in [4.69, 9.17) is 19.8 Å². The molecule has 0 amide bonds. The van der Waals surface area contributed by atoms with E-state index in [1.807, 2.05) is 76.2 Å². The maximum absolute atomic E-state index is 10.3. The zero-order chi connectivity index (χ0) is 27.4. The number of carbonyl (C=O) groups excluding carboxylic acids is 2. The largest absolute Gasteiger partial charge is 2.00 e. The summed E-state index contributed by atoms with van der Waals surface area (Å²) >= 11 is 0. The van der Waals surface area contributed by atoms with Gasteiger partial charge in [0.1, 0.15) is 11.5 Å². The number of aromatic hydroxyl groups is 2. The second-order valence-corrected chi connectivity index (χ2v) is 8.03. The number of nitrogens with zero attached hydrogens (tertiary/aromatic N) is 2. The Morgan fingerprint density at radius 3 is 1.30 bits per heavy atom. The first kappa shape index (κ1) is 33.0. The Hall–Kier alpha value is -3.95. The van der Waals surface area contributed by atoms with E-state index in [0.717, 1.165) is 36.1 Å². The van der Waals surface area contributed by atoms with Gasteiger partial charge in [-0.25, -0.2) is 0 Å². The van der Waals surface area contributed by atoms with Crippen molar-refractivity contribution in [3.8, 4) is 11.5 Å². The number of para-hydroxylation sites is 2. The Kier molecular flexibility index (Phi) is 14.2. The summed E-state index contributed by atoms with van der Waals surface area (Å²) in [5.74, 6) is -1.70. The summed E-state index contributed by atoms with van der Waals surface area (Å²) in [6, 6.07) is 15.2. The molecule has 3 aromatic carbocycles. The molecule has 9 heteroatoms. The Morgan fingerprint density at radius 1 is 0.703 bits per heavy atom. The van der Waals surface area contributed by atoms with Gasteiger partial charge in [-0.3, -0.25) is 9.98 Å². The third-order valence-corrected chi connectivity index (χ3v) is 4.52. The Bertz CT molecular complexity index is 1180. The molecule has 8 nitrogen and oxygen atoms in total. The zero-order valence-corrected chi connectivity index (χ0v) is 22.6. The van der Waals surface area contributed by atoms with E-state index in [1.165, 1.54) is 0 Å². The second kappa shape index (κ2) is 15.9. The van der Waals surface area contributed by atoms with Gasteiger partial charge in [0, 0.05) is 35.5 Å². The fourth-order valence-electron chi connectivity index (χ4n) is 3.14.